The summed E-state index contributed by atoms with van der Waals surface area (Å²) in [4.78, 5) is 0. The van der Waals surface area contributed by atoms with Gasteiger partial charge in [-0.3, -0.25) is 0 Å². The van der Waals surface area contributed by atoms with Gasteiger partial charge in [-0.2, -0.15) is 16.8 Å². The van der Waals surface area contributed by atoms with Gasteiger partial charge in [-0.05, 0) is 0 Å². The Morgan fingerprint density at radius 3 is 1.33 bits per heavy atom. The van der Waals surface area contributed by atoms with Gasteiger partial charge in [0.15, 0.2) is 11.5 Å². The number of halogens is 2. The lowest BCUT2D eigenvalue weighted by Gasteiger charge is -2.09. The molecule has 102 valence electrons. The lowest BCUT2D eigenvalue weighted by Crippen LogP contribution is -2.08. The van der Waals surface area contributed by atoms with Crippen molar-refractivity contribution in [3.63, 3.8) is 0 Å². The lowest BCUT2D eigenvalue weighted by molar-refractivity contribution is 0.484. The molecule has 0 N–H and O–H groups in total. The Morgan fingerprint density at radius 2 is 1.11 bits per heavy atom. The maximum absolute atomic E-state index is 10.9. The van der Waals surface area contributed by atoms with Gasteiger partial charge < -0.3 is 8.37 Å². The van der Waals surface area contributed by atoms with E-state index >= 15 is 0 Å². The van der Waals surface area contributed by atoms with Crippen LogP contribution in [0.15, 0.2) is 12.1 Å². The van der Waals surface area contributed by atoms with Gasteiger partial charge in [0.2, 0.25) is 0 Å². The van der Waals surface area contributed by atoms with Crippen LogP contribution in [0.1, 0.15) is 0 Å². The Kier molecular flexibility index (Phi) is 4.37. The van der Waals surface area contributed by atoms with Crippen LogP contribution in [0.25, 0.3) is 0 Å². The zero-order chi connectivity index (χ0) is 14.1. The van der Waals surface area contributed by atoms with Crippen molar-refractivity contribution in [1.29, 1.82) is 0 Å². The molecule has 0 aliphatic carbocycles. The molecule has 0 saturated carbocycles. The first kappa shape index (κ1) is 15.4. The number of rotatable bonds is 4. The summed E-state index contributed by atoms with van der Waals surface area (Å²) < 4.78 is 52.8. The lowest BCUT2D eigenvalue weighted by atomic mass is 10.3. The molecule has 0 unspecified atom stereocenters. The van der Waals surface area contributed by atoms with Crippen LogP contribution in [0.5, 0.6) is 11.5 Å². The minimum atomic E-state index is -3.77. The highest BCUT2D eigenvalue weighted by Gasteiger charge is 2.16. The van der Waals surface area contributed by atoms with Gasteiger partial charge in [-0.25, -0.2) is 0 Å². The third-order valence-electron chi connectivity index (χ3n) is 1.47. The molecule has 1 rings (SSSR count). The van der Waals surface area contributed by atoms with Crippen molar-refractivity contribution in [2.24, 2.45) is 0 Å². The van der Waals surface area contributed by atoms with Gasteiger partial charge in [0.05, 0.1) is 22.6 Å². The summed E-state index contributed by atoms with van der Waals surface area (Å²) in [7, 11) is -7.53. The highest BCUT2D eigenvalue weighted by molar-refractivity contribution is 7.86. The molecule has 10 heteroatoms. The molecule has 0 spiro atoms. The summed E-state index contributed by atoms with van der Waals surface area (Å²) >= 11 is 11.4. The van der Waals surface area contributed by atoms with E-state index in [0.29, 0.717) is 0 Å². The van der Waals surface area contributed by atoms with Crippen molar-refractivity contribution in [2.45, 2.75) is 0 Å². The van der Waals surface area contributed by atoms with Crippen molar-refractivity contribution in [1.82, 2.24) is 0 Å². The summed E-state index contributed by atoms with van der Waals surface area (Å²) in [6, 6.07) is 2.09. The van der Waals surface area contributed by atoms with Crippen molar-refractivity contribution in [3.8, 4) is 11.5 Å². The van der Waals surface area contributed by atoms with Gasteiger partial charge in [-0.15, -0.1) is 0 Å². The Hall–Kier alpha value is -0.700. The van der Waals surface area contributed by atoms with Crippen molar-refractivity contribution < 1.29 is 25.2 Å². The first-order valence-corrected chi connectivity index (χ1v) is 8.65. The Morgan fingerprint density at radius 1 is 0.833 bits per heavy atom. The minimum absolute atomic E-state index is 0.150. The molecule has 0 heterocycles. The molecule has 1 aromatic carbocycles. The van der Waals surface area contributed by atoms with Crippen molar-refractivity contribution in [2.75, 3.05) is 12.5 Å². The van der Waals surface area contributed by atoms with E-state index in [2.05, 4.69) is 8.37 Å². The fourth-order valence-electron chi connectivity index (χ4n) is 0.964. The summed E-state index contributed by atoms with van der Waals surface area (Å²) in [5, 5.41) is -0.299. The second-order valence-corrected chi connectivity index (χ2v) is 7.25. The molecule has 0 radical (unpaired) electrons. The molecule has 0 aliphatic heterocycles. The maximum atomic E-state index is 10.9. The third kappa shape index (κ3) is 4.89. The van der Waals surface area contributed by atoms with Crippen LogP contribution in [-0.2, 0) is 20.2 Å². The van der Waals surface area contributed by atoms with E-state index in [9.17, 15) is 16.8 Å². The highest BCUT2D eigenvalue weighted by atomic mass is 35.5. The molecular weight excluding hydrogens is 327 g/mol. The van der Waals surface area contributed by atoms with Gasteiger partial charge in [0.25, 0.3) is 0 Å². The first-order valence-electron chi connectivity index (χ1n) is 4.26. The molecule has 0 amide bonds. The normalized spacial score (nSPS) is 12.2. The van der Waals surface area contributed by atoms with Crippen LogP contribution in [0.2, 0.25) is 10.0 Å². The zero-order valence-corrected chi connectivity index (χ0v) is 12.3. The van der Waals surface area contributed by atoms with Gasteiger partial charge in [0.1, 0.15) is 0 Å². The molecule has 0 saturated heterocycles. The van der Waals surface area contributed by atoms with Gasteiger partial charge in [0, 0.05) is 12.1 Å². The average molecular weight is 335 g/mol. The van der Waals surface area contributed by atoms with E-state index in [-0.39, 0.29) is 21.5 Å². The van der Waals surface area contributed by atoms with Crippen LogP contribution in [-0.4, -0.2) is 29.3 Å². The largest absolute Gasteiger partial charge is 0.381 e. The third-order valence-corrected chi connectivity index (χ3v) is 3.02. The Bertz CT molecular complexity index is 605. The van der Waals surface area contributed by atoms with E-state index in [1.54, 1.807) is 0 Å². The van der Waals surface area contributed by atoms with E-state index in [1.165, 1.54) is 0 Å². The van der Waals surface area contributed by atoms with E-state index in [1.807, 2.05) is 0 Å². The second-order valence-electron chi connectivity index (χ2n) is 3.29. The summed E-state index contributed by atoms with van der Waals surface area (Å²) in [5.41, 5.74) is 0. The first-order chi connectivity index (χ1) is 7.98. The molecule has 1 aromatic rings. The fraction of sp³-hybridized carbons (Fsp3) is 0.250. The molecular formula is C8H8Cl2O6S2. The molecule has 0 aliphatic rings. The smallest absolute Gasteiger partial charge is 0.306 e. The van der Waals surface area contributed by atoms with Crippen LogP contribution >= 0.6 is 23.2 Å². The molecule has 18 heavy (non-hydrogen) atoms. The van der Waals surface area contributed by atoms with Crippen LogP contribution < -0.4 is 8.37 Å². The van der Waals surface area contributed by atoms with E-state index in [0.717, 1.165) is 24.6 Å². The van der Waals surface area contributed by atoms with Crippen LogP contribution in [0.3, 0.4) is 0 Å². The summed E-state index contributed by atoms with van der Waals surface area (Å²) in [5.74, 6) is -0.435. The monoisotopic (exact) mass is 334 g/mol. The molecule has 0 bridgehead atoms. The van der Waals surface area contributed by atoms with Crippen LogP contribution in [0, 0.1) is 0 Å². The number of hydrogen-bond acceptors (Lipinski definition) is 6. The van der Waals surface area contributed by atoms with Crippen LogP contribution in [0.4, 0.5) is 0 Å². The average Bonchev–Trinajstić information content (AvgIpc) is 2.08. The van der Waals surface area contributed by atoms with Crippen molar-refractivity contribution in [3.05, 3.63) is 22.2 Å². The minimum Gasteiger partial charge on any atom is -0.381 e. The quantitative estimate of drug-likeness (QED) is 0.778. The number of hydrogen-bond donors (Lipinski definition) is 0. The Labute approximate surface area is 115 Å². The fourth-order valence-corrected chi connectivity index (χ4v) is 2.37. The maximum Gasteiger partial charge on any atom is 0.306 e. The summed E-state index contributed by atoms with van der Waals surface area (Å²) in [6.45, 7) is 0. The van der Waals surface area contributed by atoms with Gasteiger partial charge >= 0.3 is 20.2 Å². The van der Waals surface area contributed by atoms with E-state index < -0.39 is 20.2 Å². The Balaban J connectivity index is 3.20. The molecule has 0 aromatic heterocycles. The van der Waals surface area contributed by atoms with Gasteiger partial charge in [-0.1, -0.05) is 23.2 Å². The molecule has 0 atom stereocenters. The standard InChI is InChI=1S/C8H8Cl2O6S2/c1-17(11,12)15-7-3-6(10)8(4-5(7)9)16-18(2,13)14/h3-4H,1-2H3. The van der Waals surface area contributed by atoms with Crippen molar-refractivity contribution >= 4 is 43.4 Å². The predicted molar refractivity (Wildman–Crippen MR) is 67.4 cm³/mol. The SMILES string of the molecule is CS(=O)(=O)Oc1cc(Cl)c(OS(C)(=O)=O)cc1Cl. The molecule has 0 fully saturated rings. The van der Waals surface area contributed by atoms with E-state index in [4.69, 9.17) is 23.2 Å². The molecule has 6 nitrogen and oxygen atoms in total. The topological polar surface area (TPSA) is 86.7 Å². The zero-order valence-electron chi connectivity index (χ0n) is 9.18. The summed E-state index contributed by atoms with van der Waals surface area (Å²) in [6.07, 6.45) is 1.66. The second kappa shape index (κ2) is 5.12. The number of benzene rings is 1. The predicted octanol–water partition coefficient (Wildman–Crippen LogP) is 1.67. The highest BCUT2D eigenvalue weighted by Crippen LogP contribution is 2.36.